The summed E-state index contributed by atoms with van der Waals surface area (Å²) in [6.45, 7) is 2.85. The van der Waals surface area contributed by atoms with E-state index in [1.807, 2.05) is 30.3 Å². The molecule has 1 saturated heterocycles. The lowest BCUT2D eigenvalue weighted by atomic mass is 10.1. The largest absolute Gasteiger partial charge is 0.497 e. The molecule has 1 aromatic carbocycles. The number of aromatic nitrogens is 1. The van der Waals surface area contributed by atoms with Crippen LogP contribution in [0.1, 0.15) is 36.7 Å². The van der Waals surface area contributed by atoms with Crippen LogP contribution < -0.4 is 9.47 Å². The van der Waals surface area contributed by atoms with Crippen molar-refractivity contribution in [3.8, 4) is 23.0 Å². The van der Waals surface area contributed by atoms with E-state index >= 15 is 0 Å². The van der Waals surface area contributed by atoms with Gasteiger partial charge in [-0.2, -0.15) is 0 Å². The summed E-state index contributed by atoms with van der Waals surface area (Å²) in [5, 5.41) is 1.01. The average molecular weight is 353 g/mol. The van der Waals surface area contributed by atoms with E-state index in [9.17, 15) is 0 Å². The maximum Gasteiger partial charge on any atom is 0.152 e. The van der Waals surface area contributed by atoms with E-state index < -0.39 is 0 Å². The number of furan rings is 1. The molecule has 26 heavy (non-hydrogen) atoms. The number of methoxy groups -OCH3 is 2. The Balaban J connectivity index is 1.76. The van der Waals surface area contributed by atoms with Gasteiger partial charge in [0.05, 0.1) is 14.2 Å². The van der Waals surface area contributed by atoms with E-state index in [0.29, 0.717) is 5.75 Å². The summed E-state index contributed by atoms with van der Waals surface area (Å²) in [6, 6.07) is 9.83. The smallest absolute Gasteiger partial charge is 0.152 e. The fourth-order valence-electron chi connectivity index (χ4n) is 3.46. The lowest BCUT2D eigenvalue weighted by molar-refractivity contribution is 0.00221. The minimum atomic E-state index is 0.0536. The van der Waals surface area contributed by atoms with E-state index in [1.54, 1.807) is 14.2 Å². The first-order valence-corrected chi connectivity index (χ1v) is 8.94. The number of rotatable bonds is 4. The van der Waals surface area contributed by atoms with Crippen LogP contribution in [0.3, 0.4) is 0 Å². The molecule has 5 nitrogen and oxygen atoms in total. The minimum absolute atomic E-state index is 0.0536. The molecule has 136 valence electrons. The molecule has 1 atom stereocenters. The molecule has 1 unspecified atom stereocenters. The first-order valence-electron chi connectivity index (χ1n) is 8.94. The molecule has 1 aliphatic rings. The van der Waals surface area contributed by atoms with Crippen molar-refractivity contribution in [2.75, 3.05) is 20.8 Å². The van der Waals surface area contributed by atoms with Crippen molar-refractivity contribution in [3.05, 3.63) is 41.7 Å². The number of hydrogen-bond acceptors (Lipinski definition) is 5. The van der Waals surface area contributed by atoms with Gasteiger partial charge in [-0.05, 0) is 56.0 Å². The lowest BCUT2D eigenvalue weighted by Crippen LogP contribution is -2.10. The van der Waals surface area contributed by atoms with Crippen LogP contribution in [-0.2, 0) is 4.74 Å². The Bertz CT molecular complexity index is 925. The van der Waals surface area contributed by atoms with Crippen LogP contribution >= 0.6 is 0 Å². The normalized spacial score (nSPS) is 17.4. The predicted molar refractivity (Wildman–Crippen MR) is 99.8 cm³/mol. The topological polar surface area (TPSA) is 53.7 Å². The second-order valence-electron chi connectivity index (χ2n) is 6.61. The number of aryl methyl sites for hydroxylation is 1. The lowest BCUT2D eigenvalue weighted by Gasteiger charge is -2.20. The van der Waals surface area contributed by atoms with Crippen molar-refractivity contribution in [2.24, 2.45) is 0 Å². The number of hydrogen-bond donors (Lipinski definition) is 0. The second kappa shape index (κ2) is 7.00. The fourth-order valence-corrected chi connectivity index (χ4v) is 3.46. The van der Waals surface area contributed by atoms with Gasteiger partial charge in [0, 0.05) is 18.1 Å². The standard InChI is InChI=1S/C21H23NO4/c1-13-10-16(17-7-8-19(26-17)18-6-4-5-9-25-18)22-21-15(13)11-14(23-2)12-20(21)24-3/h7-8,10-12,18H,4-6,9H2,1-3H3. The SMILES string of the molecule is COc1cc(OC)c2nc(-c3ccc(C4CCCCO4)o3)cc(C)c2c1. The van der Waals surface area contributed by atoms with Crippen molar-refractivity contribution in [3.63, 3.8) is 0 Å². The summed E-state index contributed by atoms with van der Waals surface area (Å²) in [5.41, 5.74) is 2.68. The van der Waals surface area contributed by atoms with Crippen LogP contribution in [0.25, 0.3) is 22.4 Å². The van der Waals surface area contributed by atoms with Crippen LogP contribution in [-0.4, -0.2) is 25.8 Å². The zero-order valence-corrected chi connectivity index (χ0v) is 15.4. The summed E-state index contributed by atoms with van der Waals surface area (Å²) in [6.07, 6.45) is 3.36. The van der Waals surface area contributed by atoms with E-state index in [1.165, 1.54) is 6.42 Å². The van der Waals surface area contributed by atoms with E-state index in [2.05, 4.69) is 6.92 Å². The van der Waals surface area contributed by atoms with Crippen molar-refractivity contribution >= 4 is 10.9 Å². The molecule has 0 radical (unpaired) electrons. The molecular weight excluding hydrogens is 330 g/mol. The monoisotopic (exact) mass is 353 g/mol. The highest BCUT2D eigenvalue weighted by molar-refractivity contribution is 5.90. The van der Waals surface area contributed by atoms with Gasteiger partial charge in [0.15, 0.2) is 5.76 Å². The Morgan fingerprint density at radius 3 is 2.69 bits per heavy atom. The number of fused-ring (bicyclic) bond motifs is 1. The van der Waals surface area contributed by atoms with Crippen molar-refractivity contribution in [1.29, 1.82) is 0 Å². The molecule has 4 rings (SSSR count). The third-order valence-electron chi connectivity index (χ3n) is 4.89. The second-order valence-corrected chi connectivity index (χ2v) is 6.61. The van der Waals surface area contributed by atoms with E-state index in [4.69, 9.17) is 23.6 Å². The molecule has 0 spiro atoms. The van der Waals surface area contributed by atoms with Gasteiger partial charge in [-0.15, -0.1) is 0 Å². The Hall–Kier alpha value is -2.53. The molecule has 0 bridgehead atoms. The number of nitrogens with zero attached hydrogens (tertiary/aromatic N) is 1. The molecule has 1 fully saturated rings. The maximum atomic E-state index is 6.08. The van der Waals surface area contributed by atoms with Gasteiger partial charge in [0.25, 0.3) is 0 Å². The van der Waals surface area contributed by atoms with Crippen LogP contribution in [0.2, 0.25) is 0 Å². The molecule has 1 aliphatic heterocycles. The Kier molecular flexibility index (Phi) is 4.55. The van der Waals surface area contributed by atoms with Gasteiger partial charge in [-0.3, -0.25) is 0 Å². The third kappa shape index (κ3) is 3.03. The fraction of sp³-hybridized carbons (Fsp3) is 0.381. The number of benzene rings is 1. The summed E-state index contributed by atoms with van der Waals surface area (Å²) >= 11 is 0. The van der Waals surface area contributed by atoms with Gasteiger partial charge in [-0.1, -0.05) is 0 Å². The van der Waals surface area contributed by atoms with Gasteiger partial charge < -0.3 is 18.6 Å². The molecule has 0 aliphatic carbocycles. The first kappa shape index (κ1) is 16.9. The first-order chi connectivity index (χ1) is 12.7. The maximum absolute atomic E-state index is 6.08. The molecule has 0 saturated carbocycles. The molecule has 3 heterocycles. The molecule has 2 aromatic heterocycles. The van der Waals surface area contributed by atoms with Crippen LogP contribution in [0, 0.1) is 6.92 Å². The Labute approximate surface area is 152 Å². The van der Waals surface area contributed by atoms with Gasteiger partial charge in [0.1, 0.15) is 34.6 Å². The molecule has 0 amide bonds. The highest BCUT2D eigenvalue weighted by Crippen LogP contribution is 2.36. The highest BCUT2D eigenvalue weighted by atomic mass is 16.5. The highest BCUT2D eigenvalue weighted by Gasteiger charge is 2.20. The van der Waals surface area contributed by atoms with Crippen molar-refractivity contribution < 1.29 is 18.6 Å². The third-order valence-corrected chi connectivity index (χ3v) is 4.89. The summed E-state index contributed by atoms with van der Waals surface area (Å²) in [5.74, 6) is 3.06. The van der Waals surface area contributed by atoms with Crippen LogP contribution in [0.5, 0.6) is 11.5 Å². The summed E-state index contributed by atoms with van der Waals surface area (Å²) < 4.78 is 22.8. The number of ether oxygens (including phenoxy) is 3. The molecule has 5 heteroatoms. The zero-order valence-electron chi connectivity index (χ0n) is 15.4. The Morgan fingerprint density at radius 1 is 1.08 bits per heavy atom. The van der Waals surface area contributed by atoms with Crippen molar-refractivity contribution in [1.82, 2.24) is 4.98 Å². The molecule has 3 aromatic rings. The summed E-state index contributed by atoms with van der Waals surface area (Å²) in [4.78, 5) is 4.80. The van der Waals surface area contributed by atoms with Crippen LogP contribution in [0.4, 0.5) is 0 Å². The predicted octanol–water partition coefficient (Wildman–Crippen LogP) is 5.06. The van der Waals surface area contributed by atoms with Gasteiger partial charge >= 0.3 is 0 Å². The Morgan fingerprint density at radius 2 is 1.96 bits per heavy atom. The molecule has 0 N–H and O–H groups in total. The molecular formula is C21H23NO4. The van der Waals surface area contributed by atoms with Crippen LogP contribution in [0.15, 0.2) is 34.7 Å². The van der Waals surface area contributed by atoms with Gasteiger partial charge in [0.2, 0.25) is 0 Å². The van der Waals surface area contributed by atoms with Crippen molar-refractivity contribution in [2.45, 2.75) is 32.3 Å². The van der Waals surface area contributed by atoms with E-state index in [0.717, 1.165) is 58.9 Å². The van der Waals surface area contributed by atoms with E-state index in [-0.39, 0.29) is 6.10 Å². The quantitative estimate of drug-likeness (QED) is 0.656. The number of pyridine rings is 1. The average Bonchev–Trinajstić information content (AvgIpc) is 3.18. The minimum Gasteiger partial charge on any atom is -0.497 e. The van der Waals surface area contributed by atoms with Gasteiger partial charge in [-0.25, -0.2) is 4.98 Å². The summed E-state index contributed by atoms with van der Waals surface area (Å²) in [7, 11) is 3.29. The zero-order chi connectivity index (χ0) is 18.1.